The van der Waals surface area contributed by atoms with E-state index in [1.807, 2.05) is 28.9 Å². The third kappa shape index (κ3) is 2.88. The molecule has 2 aromatic rings. The molecule has 1 spiro atoms. The Labute approximate surface area is 163 Å². The highest BCUT2D eigenvalue weighted by Gasteiger charge is 2.52. The highest BCUT2D eigenvalue weighted by atomic mass is 32.1. The molecule has 2 aliphatic rings. The van der Waals surface area contributed by atoms with Gasteiger partial charge in [0.1, 0.15) is 5.54 Å². The van der Waals surface area contributed by atoms with Crippen LogP contribution >= 0.6 is 11.3 Å². The van der Waals surface area contributed by atoms with E-state index in [9.17, 15) is 9.59 Å². The minimum Gasteiger partial charge on any atom is -0.375 e. The first-order valence-electron chi connectivity index (χ1n) is 9.74. The summed E-state index contributed by atoms with van der Waals surface area (Å²) in [5.41, 5.74) is 7.62. The van der Waals surface area contributed by atoms with Crippen LogP contribution in [-0.2, 0) is 4.79 Å². The molecule has 1 aromatic heterocycles. The number of nitrogen functional groups attached to an aromatic ring is 1. The number of piperidine rings is 1. The minimum atomic E-state index is -0.653. The summed E-state index contributed by atoms with van der Waals surface area (Å²) < 4.78 is 0.923. The van der Waals surface area contributed by atoms with Crippen LogP contribution < -0.4 is 5.73 Å². The predicted octanol–water partition coefficient (Wildman–Crippen LogP) is 3.19. The Balaban J connectivity index is 1.69. The molecule has 2 amide bonds. The van der Waals surface area contributed by atoms with Crippen LogP contribution in [0.4, 0.5) is 5.13 Å². The molecule has 6 nitrogen and oxygen atoms in total. The van der Waals surface area contributed by atoms with Crippen LogP contribution in [0.5, 0.6) is 0 Å². The Kier molecular flexibility index (Phi) is 4.58. The normalized spacial score (nSPS) is 23.0. The van der Waals surface area contributed by atoms with Gasteiger partial charge in [-0.3, -0.25) is 9.59 Å². The average molecular weight is 387 g/mol. The second kappa shape index (κ2) is 6.78. The van der Waals surface area contributed by atoms with Crippen LogP contribution in [0.2, 0.25) is 0 Å². The van der Waals surface area contributed by atoms with Crippen molar-refractivity contribution < 1.29 is 9.59 Å². The second-order valence-electron chi connectivity index (χ2n) is 7.68. The number of hydrogen-bond donors (Lipinski definition) is 1. The lowest BCUT2D eigenvalue weighted by atomic mass is 9.85. The predicted molar refractivity (Wildman–Crippen MR) is 108 cm³/mol. The van der Waals surface area contributed by atoms with Crippen LogP contribution in [0.3, 0.4) is 0 Å². The Bertz CT molecular complexity index is 907. The monoisotopic (exact) mass is 386 g/mol. The van der Waals surface area contributed by atoms with E-state index in [0.717, 1.165) is 61.0 Å². The number of aryl methyl sites for hydroxylation is 1. The molecule has 0 radical (unpaired) electrons. The fraction of sp³-hybridized carbons (Fsp3) is 0.550. The number of likely N-dealkylation sites (tertiary alicyclic amines) is 2. The number of hydrogen-bond acceptors (Lipinski definition) is 5. The zero-order valence-electron chi connectivity index (χ0n) is 16.0. The van der Waals surface area contributed by atoms with E-state index in [-0.39, 0.29) is 11.8 Å². The molecule has 2 saturated heterocycles. The van der Waals surface area contributed by atoms with Gasteiger partial charge in [0.2, 0.25) is 5.91 Å². The Hall–Kier alpha value is -2.15. The lowest BCUT2D eigenvalue weighted by Crippen LogP contribution is -2.61. The molecule has 2 aliphatic heterocycles. The number of aromatic nitrogens is 1. The van der Waals surface area contributed by atoms with E-state index in [1.54, 1.807) is 0 Å². The van der Waals surface area contributed by atoms with Crippen molar-refractivity contribution in [2.24, 2.45) is 0 Å². The van der Waals surface area contributed by atoms with Gasteiger partial charge in [0, 0.05) is 25.2 Å². The summed E-state index contributed by atoms with van der Waals surface area (Å²) in [5.74, 6) is 0.0949. The number of benzene rings is 1. The van der Waals surface area contributed by atoms with Crippen molar-refractivity contribution in [3.05, 3.63) is 23.3 Å². The maximum absolute atomic E-state index is 13.4. The lowest BCUT2D eigenvalue weighted by Gasteiger charge is -2.44. The average Bonchev–Trinajstić information content (AvgIpc) is 3.22. The van der Waals surface area contributed by atoms with Gasteiger partial charge in [0.05, 0.1) is 10.2 Å². The first kappa shape index (κ1) is 18.2. The van der Waals surface area contributed by atoms with E-state index in [4.69, 9.17) is 5.73 Å². The number of rotatable bonds is 3. The second-order valence-corrected chi connectivity index (χ2v) is 8.74. The van der Waals surface area contributed by atoms with Gasteiger partial charge in [-0.05, 0) is 56.7 Å². The van der Waals surface area contributed by atoms with E-state index >= 15 is 0 Å². The number of carbonyl (C=O) groups is 2. The van der Waals surface area contributed by atoms with Crippen molar-refractivity contribution in [3.8, 4) is 0 Å². The fourth-order valence-corrected chi connectivity index (χ4v) is 5.55. The van der Waals surface area contributed by atoms with Crippen molar-refractivity contribution in [1.29, 1.82) is 0 Å². The molecule has 2 N–H and O–H groups in total. The topological polar surface area (TPSA) is 79.5 Å². The Morgan fingerprint density at radius 3 is 2.78 bits per heavy atom. The standard InChI is InChI=1S/C20H26N4O2S/c1-3-8-23-9-4-6-20(18(23)26)7-5-10-24(20)17(25)14-11-13(2)16-15(12-14)27-19(21)22-16/h11-12H,3-10H2,1-2H3,(H2,21,22). The summed E-state index contributed by atoms with van der Waals surface area (Å²) in [6.45, 7) is 6.26. The maximum Gasteiger partial charge on any atom is 0.254 e. The molecule has 144 valence electrons. The van der Waals surface area contributed by atoms with Gasteiger partial charge in [-0.1, -0.05) is 18.3 Å². The third-order valence-electron chi connectivity index (χ3n) is 5.88. The number of thiazole rings is 1. The quantitative estimate of drug-likeness (QED) is 0.878. The van der Waals surface area contributed by atoms with Crippen LogP contribution in [0, 0.1) is 6.92 Å². The summed E-state index contributed by atoms with van der Waals surface area (Å²) in [4.78, 5) is 34.9. The van der Waals surface area contributed by atoms with Gasteiger partial charge in [0.25, 0.3) is 5.91 Å². The van der Waals surface area contributed by atoms with Gasteiger partial charge >= 0.3 is 0 Å². The van der Waals surface area contributed by atoms with Gasteiger partial charge in [0.15, 0.2) is 5.13 Å². The van der Waals surface area contributed by atoms with Crippen LogP contribution in [0.25, 0.3) is 10.2 Å². The zero-order chi connectivity index (χ0) is 19.2. The van der Waals surface area contributed by atoms with Crippen LogP contribution in [-0.4, -0.2) is 51.8 Å². The van der Waals surface area contributed by atoms with Gasteiger partial charge in [-0.15, -0.1) is 0 Å². The maximum atomic E-state index is 13.4. The van der Waals surface area contributed by atoms with Crippen molar-refractivity contribution >= 4 is 38.5 Å². The largest absolute Gasteiger partial charge is 0.375 e. The number of carbonyl (C=O) groups excluding carboxylic acids is 2. The minimum absolute atomic E-state index is 0.0452. The molecule has 1 aromatic carbocycles. The summed E-state index contributed by atoms with van der Waals surface area (Å²) in [7, 11) is 0. The molecular formula is C20H26N4O2S. The molecule has 1 unspecified atom stereocenters. The SMILES string of the molecule is CCCN1CCCC2(CCCN2C(=O)c2cc(C)c3nc(N)sc3c2)C1=O. The lowest BCUT2D eigenvalue weighted by molar-refractivity contribution is -0.145. The number of nitrogens with zero attached hydrogens (tertiary/aromatic N) is 3. The Morgan fingerprint density at radius 1 is 1.30 bits per heavy atom. The highest BCUT2D eigenvalue weighted by molar-refractivity contribution is 7.22. The highest BCUT2D eigenvalue weighted by Crippen LogP contribution is 2.39. The molecule has 1 atom stereocenters. The summed E-state index contributed by atoms with van der Waals surface area (Å²) in [6.07, 6.45) is 4.32. The summed E-state index contributed by atoms with van der Waals surface area (Å²) in [6, 6.07) is 3.76. The van der Waals surface area contributed by atoms with Crippen molar-refractivity contribution in [1.82, 2.24) is 14.8 Å². The first-order chi connectivity index (χ1) is 13.0. The zero-order valence-corrected chi connectivity index (χ0v) is 16.8. The summed E-state index contributed by atoms with van der Waals surface area (Å²) >= 11 is 1.40. The van der Waals surface area contributed by atoms with Gasteiger partial charge in [-0.25, -0.2) is 4.98 Å². The molecule has 4 rings (SSSR count). The van der Waals surface area contributed by atoms with Crippen molar-refractivity contribution in [2.75, 3.05) is 25.4 Å². The molecule has 27 heavy (non-hydrogen) atoms. The molecule has 3 heterocycles. The van der Waals surface area contributed by atoms with E-state index in [1.165, 1.54) is 11.3 Å². The van der Waals surface area contributed by atoms with Crippen molar-refractivity contribution in [2.45, 2.75) is 51.5 Å². The molecule has 0 saturated carbocycles. The third-order valence-corrected chi connectivity index (χ3v) is 6.71. The number of fused-ring (bicyclic) bond motifs is 1. The molecule has 0 bridgehead atoms. The van der Waals surface area contributed by atoms with E-state index in [2.05, 4.69) is 11.9 Å². The van der Waals surface area contributed by atoms with Gasteiger partial charge in [-0.2, -0.15) is 0 Å². The molecule has 0 aliphatic carbocycles. The molecule has 2 fully saturated rings. The first-order valence-corrected chi connectivity index (χ1v) is 10.6. The Morgan fingerprint density at radius 2 is 2.04 bits per heavy atom. The van der Waals surface area contributed by atoms with Crippen LogP contribution in [0.1, 0.15) is 54.9 Å². The number of nitrogens with two attached hydrogens (primary N) is 1. The molecule has 7 heteroatoms. The van der Waals surface area contributed by atoms with Gasteiger partial charge < -0.3 is 15.5 Å². The number of anilines is 1. The van der Waals surface area contributed by atoms with Crippen molar-refractivity contribution in [3.63, 3.8) is 0 Å². The fourth-order valence-electron chi connectivity index (χ4n) is 4.70. The smallest absolute Gasteiger partial charge is 0.254 e. The van der Waals surface area contributed by atoms with E-state index < -0.39 is 5.54 Å². The number of amides is 2. The summed E-state index contributed by atoms with van der Waals surface area (Å²) in [5, 5.41) is 0.507. The van der Waals surface area contributed by atoms with Crippen LogP contribution in [0.15, 0.2) is 12.1 Å². The van der Waals surface area contributed by atoms with E-state index in [0.29, 0.717) is 17.2 Å². The molecular weight excluding hydrogens is 360 g/mol.